The highest BCUT2D eigenvalue weighted by molar-refractivity contribution is 5.67. The van der Waals surface area contributed by atoms with E-state index in [1.807, 2.05) is 0 Å². The summed E-state index contributed by atoms with van der Waals surface area (Å²) in [6.07, 6.45) is 7.31. The van der Waals surface area contributed by atoms with Crippen molar-refractivity contribution in [3.05, 3.63) is 65.0 Å². The molecule has 2 aromatic carbocycles. The molecule has 144 valence electrons. The Balaban J connectivity index is 1.83. The van der Waals surface area contributed by atoms with E-state index < -0.39 is 17.5 Å². The summed E-state index contributed by atoms with van der Waals surface area (Å²) < 4.78 is 49.1. The van der Waals surface area contributed by atoms with Gasteiger partial charge >= 0.3 is 0 Å². The van der Waals surface area contributed by atoms with Crippen LogP contribution in [0.5, 0.6) is 0 Å². The molecule has 1 nitrogen and oxygen atoms in total. The quantitative estimate of drug-likeness (QED) is 0.555. The van der Waals surface area contributed by atoms with Crippen molar-refractivity contribution in [3.8, 4) is 11.1 Å². The van der Waals surface area contributed by atoms with Crippen LogP contribution in [0.25, 0.3) is 17.2 Å². The van der Waals surface area contributed by atoms with E-state index in [0.717, 1.165) is 25.7 Å². The maximum absolute atomic E-state index is 14.7. The van der Waals surface area contributed by atoms with Crippen molar-refractivity contribution in [1.29, 1.82) is 0 Å². The molecule has 0 aromatic heterocycles. The van der Waals surface area contributed by atoms with Gasteiger partial charge in [0.05, 0.1) is 12.7 Å². The molecule has 0 saturated carbocycles. The predicted octanol–water partition coefficient (Wildman–Crippen LogP) is 6.87. The molecule has 2 unspecified atom stereocenters. The van der Waals surface area contributed by atoms with E-state index in [0.29, 0.717) is 17.7 Å². The van der Waals surface area contributed by atoms with E-state index in [1.165, 1.54) is 24.3 Å². The summed E-state index contributed by atoms with van der Waals surface area (Å²) in [6, 6.07) is 7.62. The monoisotopic (exact) mass is 374 g/mol. The van der Waals surface area contributed by atoms with Gasteiger partial charge in [-0.1, -0.05) is 49.8 Å². The van der Waals surface area contributed by atoms with E-state index >= 15 is 0 Å². The van der Waals surface area contributed by atoms with E-state index in [-0.39, 0.29) is 23.1 Å². The Morgan fingerprint density at radius 2 is 1.89 bits per heavy atom. The lowest BCUT2D eigenvalue weighted by molar-refractivity contribution is -0.00172. The Hall–Kier alpha value is -2.07. The van der Waals surface area contributed by atoms with E-state index in [9.17, 15) is 13.2 Å². The number of rotatable bonds is 5. The van der Waals surface area contributed by atoms with Gasteiger partial charge in [0.1, 0.15) is 5.82 Å². The summed E-state index contributed by atoms with van der Waals surface area (Å²) in [4.78, 5) is 0. The molecule has 0 aliphatic carbocycles. The molecule has 3 rings (SSSR count). The second-order valence-corrected chi connectivity index (χ2v) is 7.08. The fraction of sp³-hybridized carbons (Fsp3) is 0.391. The molecule has 1 saturated heterocycles. The Kier molecular flexibility index (Phi) is 6.38. The first-order valence-electron chi connectivity index (χ1n) is 9.57. The summed E-state index contributed by atoms with van der Waals surface area (Å²) in [5.41, 5.74) is 1.16. The third kappa shape index (κ3) is 4.27. The number of ether oxygens (including phenoxy) is 1. The number of hydrogen-bond acceptors (Lipinski definition) is 1. The fourth-order valence-electron chi connectivity index (χ4n) is 3.72. The molecular formula is C23H25F3O. The van der Waals surface area contributed by atoms with Crippen molar-refractivity contribution >= 4 is 6.08 Å². The van der Waals surface area contributed by atoms with Crippen LogP contribution in [0.3, 0.4) is 0 Å². The maximum atomic E-state index is 14.7. The molecule has 0 spiro atoms. The van der Waals surface area contributed by atoms with Crippen LogP contribution in [0, 0.1) is 17.5 Å². The Morgan fingerprint density at radius 1 is 1.07 bits per heavy atom. The van der Waals surface area contributed by atoms with Crippen LogP contribution in [0.4, 0.5) is 13.2 Å². The molecule has 1 aliphatic heterocycles. The Bertz CT molecular complexity index is 821. The smallest absolute Gasteiger partial charge is 0.167 e. The van der Waals surface area contributed by atoms with Crippen LogP contribution in [0.15, 0.2) is 36.4 Å². The number of hydrogen-bond donors (Lipinski definition) is 0. The minimum atomic E-state index is -0.957. The fourth-order valence-corrected chi connectivity index (χ4v) is 3.72. The highest BCUT2D eigenvalue weighted by Gasteiger charge is 2.25. The van der Waals surface area contributed by atoms with Gasteiger partial charge in [-0.2, -0.15) is 0 Å². The van der Waals surface area contributed by atoms with Gasteiger partial charge in [-0.05, 0) is 43.4 Å². The number of halogens is 3. The van der Waals surface area contributed by atoms with E-state index in [4.69, 9.17) is 4.74 Å². The molecule has 0 radical (unpaired) electrons. The first-order chi connectivity index (χ1) is 13.0. The SMILES string of the molecule is C/C=C/c1ccc(-c2ccc(C3CCC(CCC)OC3)c(F)c2)c(F)c1F. The predicted molar refractivity (Wildman–Crippen MR) is 103 cm³/mol. The topological polar surface area (TPSA) is 9.23 Å². The number of allylic oxidation sites excluding steroid dienone is 1. The molecule has 0 N–H and O–H groups in total. The summed E-state index contributed by atoms with van der Waals surface area (Å²) in [7, 11) is 0. The standard InChI is InChI=1S/C23H25F3O/c1-3-5-15-8-12-20(23(26)22(15)25)16-9-11-19(21(24)13-16)17-7-10-18(6-4-2)27-14-17/h3,5,8-9,11-13,17-18H,4,6-7,10,14H2,1-2H3/b5-3+. The average molecular weight is 374 g/mol. The highest BCUT2D eigenvalue weighted by Crippen LogP contribution is 2.34. The molecule has 0 amide bonds. The van der Waals surface area contributed by atoms with Gasteiger partial charge in [0.25, 0.3) is 0 Å². The van der Waals surface area contributed by atoms with Crippen LogP contribution in [0.2, 0.25) is 0 Å². The lowest BCUT2D eigenvalue weighted by Gasteiger charge is -2.29. The van der Waals surface area contributed by atoms with Crippen LogP contribution in [-0.4, -0.2) is 12.7 Å². The molecule has 4 heteroatoms. The van der Waals surface area contributed by atoms with Gasteiger partial charge in [0.2, 0.25) is 0 Å². The van der Waals surface area contributed by atoms with Crippen molar-refractivity contribution in [2.24, 2.45) is 0 Å². The second-order valence-electron chi connectivity index (χ2n) is 7.08. The van der Waals surface area contributed by atoms with Gasteiger partial charge in [-0.3, -0.25) is 0 Å². The first kappa shape index (κ1) is 19.7. The van der Waals surface area contributed by atoms with Crippen LogP contribution in [0.1, 0.15) is 56.6 Å². The third-order valence-electron chi connectivity index (χ3n) is 5.19. The highest BCUT2D eigenvalue weighted by atomic mass is 19.2. The third-order valence-corrected chi connectivity index (χ3v) is 5.19. The summed E-state index contributed by atoms with van der Waals surface area (Å²) in [6.45, 7) is 4.36. The molecule has 1 fully saturated rings. The largest absolute Gasteiger partial charge is 0.378 e. The van der Waals surface area contributed by atoms with Crippen LogP contribution in [-0.2, 0) is 4.74 Å². The lowest BCUT2D eigenvalue weighted by Crippen LogP contribution is -2.25. The molecule has 2 atom stereocenters. The zero-order valence-corrected chi connectivity index (χ0v) is 15.8. The summed E-state index contributed by atoms with van der Waals surface area (Å²) >= 11 is 0. The Labute approximate surface area is 158 Å². The minimum absolute atomic E-state index is 0.00538. The zero-order valence-electron chi connectivity index (χ0n) is 15.8. The molecule has 2 aromatic rings. The van der Waals surface area contributed by atoms with Crippen LogP contribution >= 0.6 is 0 Å². The van der Waals surface area contributed by atoms with Gasteiger partial charge in [0, 0.05) is 17.0 Å². The first-order valence-corrected chi connectivity index (χ1v) is 9.57. The lowest BCUT2D eigenvalue weighted by atomic mass is 9.89. The Morgan fingerprint density at radius 3 is 2.52 bits per heavy atom. The van der Waals surface area contributed by atoms with Crippen molar-refractivity contribution in [1.82, 2.24) is 0 Å². The molecule has 27 heavy (non-hydrogen) atoms. The van der Waals surface area contributed by atoms with Crippen molar-refractivity contribution in [3.63, 3.8) is 0 Å². The van der Waals surface area contributed by atoms with Crippen molar-refractivity contribution < 1.29 is 17.9 Å². The summed E-state index contributed by atoms with van der Waals surface area (Å²) in [5, 5.41) is 0. The van der Waals surface area contributed by atoms with Crippen LogP contribution < -0.4 is 0 Å². The maximum Gasteiger partial charge on any atom is 0.167 e. The molecule has 1 aliphatic rings. The minimum Gasteiger partial charge on any atom is -0.378 e. The van der Waals surface area contributed by atoms with Gasteiger partial charge in [-0.15, -0.1) is 0 Å². The molecule has 1 heterocycles. The van der Waals surface area contributed by atoms with E-state index in [2.05, 4.69) is 6.92 Å². The van der Waals surface area contributed by atoms with Crippen molar-refractivity contribution in [2.45, 2.75) is 51.6 Å². The number of benzene rings is 2. The average Bonchev–Trinajstić information content (AvgIpc) is 2.67. The van der Waals surface area contributed by atoms with Gasteiger partial charge < -0.3 is 4.74 Å². The van der Waals surface area contributed by atoms with Gasteiger partial charge in [0.15, 0.2) is 11.6 Å². The van der Waals surface area contributed by atoms with Crippen molar-refractivity contribution in [2.75, 3.05) is 6.61 Å². The summed E-state index contributed by atoms with van der Waals surface area (Å²) in [5.74, 6) is -2.27. The molecular weight excluding hydrogens is 349 g/mol. The zero-order chi connectivity index (χ0) is 19.4. The normalized spacial score (nSPS) is 20.3. The van der Waals surface area contributed by atoms with Gasteiger partial charge in [-0.25, -0.2) is 13.2 Å². The second kappa shape index (κ2) is 8.75. The van der Waals surface area contributed by atoms with E-state index in [1.54, 1.807) is 25.1 Å². The molecule has 0 bridgehead atoms.